The van der Waals surface area contributed by atoms with Gasteiger partial charge in [0.1, 0.15) is 24.1 Å². The third-order valence-electron chi connectivity index (χ3n) is 9.66. The molecule has 8 rings (SSSR count). The summed E-state index contributed by atoms with van der Waals surface area (Å²) in [4.78, 5) is 14.0. The number of rotatable bonds is 5. The maximum absolute atomic E-state index is 16.6. The second-order valence-electron chi connectivity index (χ2n) is 12.2. The van der Waals surface area contributed by atoms with Gasteiger partial charge in [-0.25, -0.2) is 8.78 Å². The highest BCUT2D eigenvalue weighted by atomic mass is 35.5. The summed E-state index contributed by atoms with van der Waals surface area (Å²) in [6.45, 7) is 3.22. The van der Waals surface area contributed by atoms with E-state index in [1.807, 2.05) is 48.5 Å². The zero-order valence-corrected chi connectivity index (χ0v) is 23.5. The third kappa shape index (κ3) is 4.25. The SMILES string of the molecule is Fc1c(-c2cccc3cccc(Cl)c23)ccc2c(N3C[C@H]4CC[C@@H](C3)N4)nc(OC[C@@]34CCCN3C[C@H](F)C4)nc12. The van der Waals surface area contributed by atoms with Crippen LogP contribution in [0.2, 0.25) is 5.02 Å². The van der Waals surface area contributed by atoms with Gasteiger partial charge in [-0.1, -0.05) is 48.0 Å². The van der Waals surface area contributed by atoms with Crippen LogP contribution in [0.1, 0.15) is 32.1 Å². The number of benzene rings is 3. The monoisotopic (exact) mass is 575 g/mol. The fraction of sp³-hybridized carbons (Fsp3) is 0.438. The van der Waals surface area contributed by atoms with E-state index in [9.17, 15) is 4.39 Å². The van der Waals surface area contributed by atoms with Crippen LogP contribution < -0.4 is 15.0 Å². The van der Waals surface area contributed by atoms with Gasteiger partial charge in [0, 0.05) is 59.5 Å². The quantitative estimate of drug-likeness (QED) is 0.309. The molecule has 0 aliphatic carbocycles. The predicted molar refractivity (Wildman–Crippen MR) is 158 cm³/mol. The van der Waals surface area contributed by atoms with E-state index in [-0.39, 0.29) is 17.1 Å². The Labute approximate surface area is 242 Å². The lowest BCUT2D eigenvalue weighted by Crippen LogP contribution is -2.51. The first kappa shape index (κ1) is 25.6. The Morgan fingerprint density at radius 3 is 2.63 bits per heavy atom. The van der Waals surface area contributed by atoms with Crippen molar-refractivity contribution in [3.8, 4) is 17.1 Å². The minimum absolute atomic E-state index is 0.147. The van der Waals surface area contributed by atoms with E-state index >= 15 is 4.39 Å². The molecule has 0 radical (unpaired) electrons. The molecule has 0 unspecified atom stereocenters. The normalized spacial score (nSPS) is 27.7. The molecule has 0 saturated carbocycles. The molecule has 4 aliphatic rings. The summed E-state index contributed by atoms with van der Waals surface area (Å²) in [5.41, 5.74) is 1.04. The molecular weight excluding hydrogens is 544 g/mol. The van der Waals surface area contributed by atoms with Gasteiger partial charge in [-0.15, -0.1) is 0 Å². The second-order valence-corrected chi connectivity index (χ2v) is 12.6. The maximum atomic E-state index is 16.6. The molecule has 4 fully saturated rings. The first-order valence-corrected chi connectivity index (χ1v) is 15.1. The Hall–Kier alpha value is -3.07. The van der Waals surface area contributed by atoms with Crippen LogP contribution in [0.3, 0.4) is 0 Å². The molecule has 4 saturated heterocycles. The van der Waals surface area contributed by atoms with Crippen molar-refractivity contribution in [2.24, 2.45) is 0 Å². The van der Waals surface area contributed by atoms with Crippen LogP contribution in [0.5, 0.6) is 6.01 Å². The Morgan fingerprint density at radius 2 is 1.80 bits per heavy atom. The summed E-state index contributed by atoms with van der Waals surface area (Å²) in [6.07, 6.45) is 3.75. The Morgan fingerprint density at radius 1 is 1.00 bits per heavy atom. The van der Waals surface area contributed by atoms with Crippen LogP contribution in [-0.2, 0) is 0 Å². The van der Waals surface area contributed by atoms with Crippen molar-refractivity contribution in [2.45, 2.75) is 55.9 Å². The molecule has 4 atom stereocenters. The summed E-state index contributed by atoms with van der Waals surface area (Å²) in [7, 11) is 0. The van der Waals surface area contributed by atoms with Gasteiger partial charge >= 0.3 is 6.01 Å². The summed E-state index contributed by atoms with van der Waals surface area (Å²) < 4.78 is 37.3. The summed E-state index contributed by atoms with van der Waals surface area (Å²) in [5, 5.41) is 6.65. The van der Waals surface area contributed by atoms with Gasteiger partial charge in [0.05, 0.1) is 5.54 Å². The van der Waals surface area contributed by atoms with Gasteiger partial charge in [0.2, 0.25) is 0 Å². The smallest absolute Gasteiger partial charge is 0.319 e. The molecule has 1 aromatic heterocycles. The highest BCUT2D eigenvalue weighted by Gasteiger charge is 2.49. The van der Waals surface area contributed by atoms with E-state index in [2.05, 4.69) is 20.1 Å². The molecule has 4 aromatic rings. The Balaban J connectivity index is 1.25. The number of ether oxygens (including phenoxy) is 1. The fourth-order valence-corrected chi connectivity index (χ4v) is 8.06. The predicted octanol–water partition coefficient (Wildman–Crippen LogP) is 6.14. The van der Waals surface area contributed by atoms with Crippen LogP contribution in [0.25, 0.3) is 32.8 Å². The van der Waals surface area contributed by atoms with Crippen molar-refractivity contribution in [3.63, 3.8) is 0 Å². The Bertz CT molecular complexity index is 1650. The minimum Gasteiger partial charge on any atom is -0.461 e. The number of alkyl halides is 1. The first-order valence-electron chi connectivity index (χ1n) is 14.7. The molecule has 3 aromatic carbocycles. The van der Waals surface area contributed by atoms with Gasteiger partial charge < -0.3 is 15.0 Å². The number of halogens is 3. The average molecular weight is 576 g/mol. The number of nitrogens with zero attached hydrogens (tertiary/aromatic N) is 4. The van der Waals surface area contributed by atoms with Crippen molar-refractivity contribution < 1.29 is 13.5 Å². The lowest BCUT2D eigenvalue weighted by atomic mass is 9.95. The molecule has 9 heteroatoms. The van der Waals surface area contributed by atoms with E-state index in [0.29, 0.717) is 53.4 Å². The molecule has 2 bridgehead atoms. The van der Waals surface area contributed by atoms with Crippen molar-refractivity contribution in [2.75, 3.05) is 37.7 Å². The zero-order valence-electron chi connectivity index (χ0n) is 22.8. The number of fused-ring (bicyclic) bond motifs is 5. The molecule has 6 nitrogen and oxygen atoms in total. The lowest BCUT2D eigenvalue weighted by molar-refractivity contribution is 0.107. The van der Waals surface area contributed by atoms with Gasteiger partial charge in [0.25, 0.3) is 0 Å². The van der Waals surface area contributed by atoms with E-state index in [1.165, 1.54) is 0 Å². The van der Waals surface area contributed by atoms with Crippen molar-refractivity contribution in [1.29, 1.82) is 0 Å². The maximum Gasteiger partial charge on any atom is 0.319 e. The Kier molecular flexibility index (Phi) is 6.09. The van der Waals surface area contributed by atoms with E-state index in [0.717, 1.165) is 61.7 Å². The van der Waals surface area contributed by atoms with Crippen LogP contribution in [0.4, 0.5) is 14.6 Å². The topological polar surface area (TPSA) is 53.5 Å². The zero-order chi connectivity index (χ0) is 27.7. The minimum atomic E-state index is -0.851. The third-order valence-corrected chi connectivity index (χ3v) is 9.97. The van der Waals surface area contributed by atoms with Crippen molar-refractivity contribution in [1.82, 2.24) is 20.2 Å². The lowest BCUT2D eigenvalue weighted by Gasteiger charge is -2.34. The van der Waals surface area contributed by atoms with E-state index in [1.54, 1.807) is 0 Å². The van der Waals surface area contributed by atoms with Crippen LogP contribution in [-0.4, -0.2) is 71.4 Å². The van der Waals surface area contributed by atoms with Crippen LogP contribution in [0.15, 0.2) is 48.5 Å². The van der Waals surface area contributed by atoms with Crippen molar-refractivity contribution >= 4 is 39.1 Å². The summed E-state index contributed by atoms with van der Waals surface area (Å²) in [5.74, 6) is 0.271. The molecule has 0 spiro atoms. The van der Waals surface area contributed by atoms with Crippen LogP contribution in [0, 0.1) is 5.82 Å². The molecule has 0 amide bonds. The molecule has 41 heavy (non-hydrogen) atoms. The highest BCUT2D eigenvalue weighted by molar-refractivity contribution is 6.36. The second kappa shape index (κ2) is 9.75. The van der Waals surface area contributed by atoms with Crippen LogP contribution >= 0.6 is 11.6 Å². The molecule has 1 N–H and O–H groups in total. The molecule has 212 valence electrons. The van der Waals surface area contributed by atoms with Gasteiger partial charge in [-0.3, -0.25) is 4.90 Å². The van der Waals surface area contributed by atoms with Crippen molar-refractivity contribution in [3.05, 3.63) is 59.4 Å². The largest absolute Gasteiger partial charge is 0.461 e. The van der Waals surface area contributed by atoms with Gasteiger partial charge in [-0.2, -0.15) is 9.97 Å². The number of hydrogen-bond acceptors (Lipinski definition) is 6. The highest BCUT2D eigenvalue weighted by Crippen LogP contribution is 2.42. The first-order chi connectivity index (χ1) is 20.0. The van der Waals surface area contributed by atoms with Gasteiger partial charge in [-0.05, 0) is 55.3 Å². The number of hydrogen-bond donors (Lipinski definition) is 1. The number of anilines is 1. The standard InChI is InChI=1S/C32H32ClF2N5O/c33-26-7-2-5-19-4-1-6-23(27(19)26)24-10-11-25-29(28(24)35)37-31(38-30(25)39-16-21-8-9-22(17-39)36-21)41-18-32-12-3-13-40(32)15-20(34)14-32/h1-2,4-7,10-11,20-22,36H,3,8-9,12-18H2/t20-,21-,22+,32+/m1/s1. The van der Waals surface area contributed by atoms with E-state index in [4.69, 9.17) is 21.3 Å². The molecule has 5 heterocycles. The van der Waals surface area contributed by atoms with Gasteiger partial charge in [0.15, 0.2) is 5.82 Å². The average Bonchev–Trinajstić information content (AvgIpc) is 3.62. The van der Waals surface area contributed by atoms with E-state index < -0.39 is 12.0 Å². The molecule has 4 aliphatic heterocycles. The fourth-order valence-electron chi connectivity index (χ4n) is 7.78. The number of aromatic nitrogens is 2. The summed E-state index contributed by atoms with van der Waals surface area (Å²) >= 11 is 6.61. The molecular formula is C32H32ClF2N5O. The summed E-state index contributed by atoms with van der Waals surface area (Å²) in [6, 6.07) is 16.2. The number of piperazine rings is 1. The number of nitrogens with one attached hydrogen (secondary N) is 1.